The third kappa shape index (κ3) is 2.70. The average Bonchev–Trinajstić information content (AvgIpc) is 2.45. The van der Waals surface area contributed by atoms with Crippen LogP contribution in [0, 0.1) is 29.1 Å². The summed E-state index contributed by atoms with van der Waals surface area (Å²) in [6.45, 7) is 3.97. The summed E-state index contributed by atoms with van der Waals surface area (Å²) in [7, 11) is 0. The van der Waals surface area contributed by atoms with E-state index in [4.69, 9.17) is 5.73 Å². The molecule has 124 valence electrons. The van der Waals surface area contributed by atoms with Gasteiger partial charge in [-0.25, -0.2) is 0 Å². The molecular weight excluding hydrogens is 272 g/mol. The van der Waals surface area contributed by atoms with Gasteiger partial charge in [0, 0.05) is 25.6 Å². The van der Waals surface area contributed by atoms with Crippen molar-refractivity contribution < 1.29 is 4.79 Å². The molecule has 2 unspecified atom stereocenters. The summed E-state index contributed by atoms with van der Waals surface area (Å²) in [6, 6.07) is 0.218. The van der Waals surface area contributed by atoms with Crippen LogP contribution in [0.3, 0.4) is 0 Å². The Morgan fingerprint density at radius 1 is 1.18 bits per heavy atom. The van der Waals surface area contributed by atoms with Gasteiger partial charge in [0.15, 0.2) is 0 Å². The molecule has 4 aliphatic carbocycles. The van der Waals surface area contributed by atoms with E-state index < -0.39 is 0 Å². The predicted octanol–water partition coefficient (Wildman–Crippen LogP) is 3.18. The van der Waals surface area contributed by atoms with Gasteiger partial charge in [-0.15, -0.1) is 0 Å². The molecule has 0 aromatic carbocycles. The van der Waals surface area contributed by atoms with Crippen molar-refractivity contribution in [1.82, 2.24) is 4.90 Å². The maximum Gasteiger partial charge on any atom is 0.223 e. The Morgan fingerprint density at radius 3 is 2.32 bits per heavy atom. The van der Waals surface area contributed by atoms with Gasteiger partial charge in [0.05, 0.1) is 0 Å². The molecule has 0 radical (unpaired) electrons. The van der Waals surface area contributed by atoms with Gasteiger partial charge < -0.3 is 10.6 Å². The Kier molecular flexibility index (Phi) is 3.75. The van der Waals surface area contributed by atoms with Crippen LogP contribution < -0.4 is 5.73 Å². The number of rotatable bonds is 3. The zero-order valence-corrected chi connectivity index (χ0v) is 14.1. The fourth-order valence-electron chi connectivity index (χ4n) is 6.60. The first-order valence-corrected chi connectivity index (χ1v) is 9.56. The highest BCUT2D eigenvalue weighted by Crippen LogP contribution is 2.61. The number of piperidine rings is 1. The Hall–Kier alpha value is -0.570. The number of carbonyl (C=O) groups excluding carboxylic acids is 1. The van der Waals surface area contributed by atoms with Crippen molar-refractivity contribution in [2.24, 2.45) is 34.8 Å². The number of nitrogens with zero attached hydrogens (tertiary/aromatic N) is 1. The minimum absolute atomic E-state index is 0.218. The zero-order chi connectivity index (χ0) is 15.3. The van der Waals surface area contributed by atoms with E-state index in [9.17, 15) is 4.79 Å². The normalized spacial score (nSPS) is 45.1. The van der Waals surface area contributed by atoms with E-state index in [0.29, 0.717) is 17.2 Å². The number of likely N-dealkylation sites (tertiary alicyclic amines) is 1. The minimum Gasteiger partial charge on any atom is -0.342 e. The quantitative estimate of drug-likeness (QED) is 0.870. The Labute approximate surface area is 135 Å². The van der Waals surface area contributed by atoms with Crippen LogP contribution in [0.15, 0.2) is 0 Å². The van der Waals surface area contributed by atoms with E-state index in [2.05, 4.69) is 11.8 Å². The van der Waals surface area contributed by atoms with Crippen molar-refractivity contribution in [2.45, 2.75) is 70.8 Å². The summed E-state index contributed by atoms with van der Waals surface area (Å²) in [5.74, 6) is 3.77. The molecule has 0 spiro atoms. The van der Waals surface area contributed by atoms with Crippen molar-refractivity contribution in [1.29, 1.82) is 0 Å². The van der Waals surface area contributed by atoms with Crippen molar-refractivity contribution in [2.75, 3.05) is 13.1 Å². The van der Waals surface area contributed by atoms with Gasteiger partial charge in [0.25, 0.3) is 0 Å². The van der Waals surface area contributed by atoms with Crippen molar-refractivity contribution >= 4 is 5.91 Å². The Balaban J connectivity index is 1.41. The zero-order valence-electron chi connectivity index (χ0n) is 14.1. The van der Waals surface area contributed by atoms with Crippen LogP contribution in [0.25, 0.3) is 0 Å². The first-order valence-electron chi connectivity index (χ1n) is 9.56. The van der Waals surface area contributed by atoms with Crippen LogP contribution in [0.2, 0.25) is 0 Å². The number of hydrogen-bond acceptors (Lipinski definition) is 2. The lowest BCUT2D eigenvalue weighted by molar-refractivity contribution is -0.141. The number of hydrogen-bond donors (Lipinski definition) is 1. The van der Waals surface area contributed by atoms with Crippen molar-refractivity contribution in [3.8, 4) is 0 Å². The van der Waals surface area contributed by atoms with Crippen LogP contribution in [-0.2, 0) is 4.79 Å². The second-order valence-corrected chi connectivity index (χ2v) is 9.20. The molecule has 0 aromatic heterocycles. The Bertz CT molecular complexity index is 409. The van der Waals surface area contributed by atoms with Crippen molar-refractivity contribution in [3.05, 3.63) is 0 Å². The molecule has 0 aromatic rings. The van der Waals surface area contributed by atoms with E-state index in [1.165, 1.54) is 44.9 Å². The first kappa shape index (κ1) is 15.0. The maximum absolute atomic E-state index is 12.9. The van der Waals surface area contributed by atoms with E-state index in [-0.39, 0.29) is 6.04 Å². The maximum atomic E-state index is 12.9. The molecule has 22 heavy (non-hydrogen) atoms. The van der Waals surface area contributed by atoms with Crippen LogP contribution >= 0.6 is 0 Å². The van der Waals surface area contributed by atoms with E-state index in [1.807, 2.05) is 0 Å². The molecule has 5 aliphatic rings. The van der Waals surface area contributed by atoms with E-state index in [1.54, 1.807) is 0 Å². The second-order valence-electron chi connectivity index (χ2n) is 9.20. The third-order valence-corrected chi connectivity index (χ3v) is 7.25. The van der Waals surface area contributed by atoms with Gasteiger partial charge in [-0.2, -0.15) is 0 Å². The average molecular weight is 304 g/mol. The fourth-order valence-corrected chi connectivity index (χ4v) is 6.60. The standard InChI is InChI=1S/C19H32N2O/c1-13(20)17-3-2-4-21(12-17)18(22)11-19-8-14-5-15(9-19)7-16(6-14)10-19/h13-17H,2-12,20H2,1H3. The molecule has 4 saturated carbocycles. The monoisotopic (exact) mass is 304 g/mol. The molecule has 4 bridgehead atoms. The minimum atomic E-state index is 0.218. The molecule has 1 amide bonds. The van der Waals surface area contributed by atoms with Gasteiger partial charge in [-0.05, 0) is 87.4 Å². The highest BCUT2D eigenvalue weighted by molar-refractivity contribution is 5.77. The largest absolute Gasteiger partial charge is 0.342 e. The van der Waals surface area contributed by atoms with Gasteiger partial charge in [-0.1, -0.05) is 0 Å². The van der Waals surface area contributed by atoms with E-state index in [0.717, 1.165) is 43.7 Å². The van der Waals surface area contributed by atoms with Crippen LogP contribution in [0.5, 0.6) is 0 Å². The summed E-state index contributed by atoms with van der Waals surface area (Å²) in [6.07, 6.45) is 11.6. The highest BCUT2D eigenvalue weighted by atomic mass is 16.2. The highest BCUT2D eigenvalue weighted by Gasteiger charge is 2.51. The first-order chi connectivity index (χ1) is 10.5. The SMILES string of the molecule is CC(N)C1CCCN(C(=O)CC23CC4CC(CC(C4)C2)C3)C1. The molecule has 3 nitrogen and oxygen atoms in total. The molecule has 2 atom stereocenters. The van der Waals surface area contributed by atoms with Crippen LogP contribution in [-0.4, -0.2) is 29.9 Å². The lowest BCUT2D eigenvalue weighted by Gasteiger charge is -2.57. The molecule has 1 heterocycles. The number of amides is 1. The molecule has 2 N–H and O–H groups in total. The number of carbonyl (C=O) groups is 1. The van der Waals surface area contributed by atoms with Gasteiger partial charge in [0.2, 0.25) is 5.91 Å². The second kappa shape index (κ2) is 5.51. The molecule has 5 rings (SSSR count). The molecular formula is C19H32N2O. The Morgan fingerprint density at radius 2 is 1.77 bits per heavy atom. The predicted molar refractivity (Wildman–Crippen MR) is 88.2 cm³/mol. The summed E-state index contributed by atoms with van der Waals surface area (Å²) in [4.78, 5) is 15.1. The molecule has 3 heteroatoms. The summed E-state index contributed by atoms with van der Waals surface area (Å²) in [5.41, 5.74) is 6.46. The summed E-state index contributed by atoms with van der Waals surface area (Å²) >= 11 is 0. The van der Waals surface area contributed by atoms with Crippen molar-refractivity contribution in [3.63, 3.8) is 0 Å². The van der Waals surface area contributed by atoms with Gasteiger partial charge in [-0.3, -0.25) is 4.79 Å². The third-order valence-electron chi connectivity index (χ3n) is 7.25. The topological polar surface area (TPSA) is 46.3 Å². The summed E-state index contributed by atoms with van der Waals surface area (Å²) < 4.78 is 0. The van der Waals surface area contributed by atoms with Gasteiger partial charge in [0.1, 0.15) is 0 Å². The summed E-state index contributed by atoms with van der Waals surface area (Å²) in [5, 5.41) is 0. The lowest BCUT2D eigenvalue weighted by atomic mass is 9.49. The molecule has 1 aliphatic heterocycles. The van der Waals surface area contributed by atoms with Crippen LogP contribution in [0.4, 0.5) is 0 Å². The van der Waals surface area contributed by atoms with E-state index >= 15 is 0 Å². The smallest absolute Gasteiger partial charge is 0.223 e. The van der Waals surface area contributed by atoms with Gasteiger partial charge >= 0.3 is 0 Å². The molecule has 1 saturated heterocycles. The lowest BCUT2D eigenvalue weighted by Crippen LogP contribution is -2.50. The number of nitrogens with two attached hydrogens (primary N) is 1. The molecule has 5 fully saturated rings. The van der Waals surface area contributed by atoms with Crippen LogP contribution in [0.1, 0.15) is 64.7 Å². The fraction of sp³-hybridized carbons (Fsp3) is 0.947.